The zero-order valence-electron chi connectivity index (χ0n) is 12.5. The molecule has 1 N–H and O–H groups in total. The molecule has 0 spiro atoms. The third-order valence-corrected chi connectivity index (χ3v) is 3.67. The Hall–Kier alpha value is -2.13. The van der Waals surface area contributed by atoms with Crippen molar-refractivity contribution in [2.45, 2.75) is 26.3 Å². The van der Waals surface area contributed by atoms with E-state index in [1.807, 2.05) is 25.3 Å². The molecule has 21 heavy (non-hydrogen) atoms. The van der Waals surface area contributed by atoms with E-state index in [-0.39, 0.29) is 6.04 Å². The fourth-order valence-electron chi connectivity index (χ4n) is 2.63. The Morgan fingerprint density at radius 3 is 2.81 bits per heavy atom. The number of fused-ring (bicyclic) bond motifs is 1. The van der Waals surface area contributed by atoms with E-state index in [0.717, 1.165) is 29.9 Å². The third-order valence-electron chi connectivity index (χ3n) is 3.67. The molecule has 0 saturated heterocycles. The largest absolute Gasteiger partial charge is 0.469 e. The molecular weight excluding hydrogens is 260 g/mol. The summed E-state index contributed by atoms with van der Waals surface area (Å²) in [5, 5.41) is 4.69. The van der Waals surface area contributed by atoms with Gasteiger partial charge >= 0.3 is 0 Å². The molecule has 0 amide bonds. The van der Waals surface area contributed by atoms with E-state index in [4.69, 9.17) is 9.40 Å². The molecule has 0 fully saturated rings. The van der Waals surface area contributed by atoms with Gasteiger partial charge < -0.3 is 9.73 Å². The Kier molecular flexibility index (Phi) is 4.02. The van der Waals surface area contributed by atoms with Crippen LogP contribution < -0.4 is 5.32 Å². The summed E-state index contributed by atoms with van der Waals surface area (Å²) >= 11 is 0. The first-order valence-electron chi connectivity index (χ1n) is 7.39. The van der Waals surface area contributed by atoms with E-state index in [2.05, 4.69) is 42.6 Å². The lowest BCUT2D eigenvalue weighted by molar-refractivity contribution is 0.509. The number of hydrogen-bond acceptors (Lipinski definition) is 3. The lowest BCUT2D eigenvalue weighted by atomic mass is 10.0. The molecule has 0 saturated carbocycles. The van der Waals surface area contributed by atoms with Gasteiger partial charge in [0.05, 0.1) is 11.8 Å². The zero-order valence-corrected chi connectivity index (χ0v) is 12.5. The average molecular weight is 280 g/mol. The summed E-state index contributed by atoms with van der Waals surface area (Å²) in [4.78, 5) is 4.76. The van der Waals surface area contributed by atoms with Gasteiger partial charge in [0, 0.05) is 29.1 Å². The van der Waals surface area contributed by atoms with Crippen molar-refractivity contribution in [3.05, 3.63) is 65.7 Å². The molecule has 2 heterocycles. The minimum absolute atomic E-state index is 0.237. The van der Waals surface area contributed by atoms with Gasteiger partial charge in [0.1, 0.15) is 5.76 Å². The van der Waals surface area contributed by atoms with Crippen molar-refractivity contribution in [3.8, 4) is 0 Å². The summed E-state index contributed by atoms with van der Waals surface area (Å²) in [5.74, 6) is 0.944. The van der Waals surface area contributed by atoms with Crippen LogP contribution in [-0.2, 0) is 6.42 Å². The number of nitrogens with zero attached hydrogens (tertiary/aromatic N) is 1. The van der Waals surface area contributed by atoms with Crippen LogP contribution in [-0.4, -0.2) is 11.5 Å². The maximum atomic E-state index is 5.44. The summed E-state index contributed by atoms with van der Waals surface area (Å²) in [6.45, 7) is 5.01. The minimum atomic E-state index is 0.237. The van der Waals surface area contributed by atoms with Crippen LogP contribution in [0.25, 0.3) is 10.9 Å². The lowest BCUT2D eigenvalue weighted by Gasteiger charge is -2.16. The summed E-state index contributed by atoms with van der Waals surface area (Å²) in [6.07, 6.45) is 2.70. The van der Waals surface area contributed by atoms with Crippen LogP contribution in [0.4, 0.5) is 0 Å². The van der Waals surface area contributed by atoms with Crippen molar-refractivity contribution >= 4 is 10.9 Å². The van der Waals surface area contributed by atoms with E-state index in [1.54, 1.807) is 0 Å². The van der Waals surface area contributed by atoms with Crippen LogP contribution in [0, 0.1) is 6.92 Å². The molecule has 108 valence electrons. The minimum Gasteiger partial charge on any atom is -0.469 e. The highest BCUT2D eigenvalue weighted by Crippen LogP contribution is 2.21. The smallest absolute Gasteiger partial charge is 0.101 e. The molecule has 3 heteroatoms. The zero-order chi connectivity index (χ0) is 14.7. The molecule has 1 atom stereocenters. The van der Waals surface area contributed by atoms with Crippen molar-refractivity contribution in [3.63, 3.8) is 0 Å². The van der Waals surface area contributed by atoms with Crippen LogP contribution in [0.1, 0.15) is 30.0 Å². The highest BCUT2D eigenvalue weighted by molar-refractivity contribution is 5.78. The Morgan fingerprint density at radius 2 is 2.05 bits per heavy atom. The number of aromatic nitrogens is 1. The molecule has 0 aliphatic heterocycles. The van der Waals surface area contributed by atoms with Crippen molar-refractivity contribution in [2.24, 2.45) is 0 Å². The van der Waals surface area contributed by atoms with E-state index in [1.165, 1.54) is 10.9 Å². The third kappa shape index (κ3) is 3.14. The monoisotopic (exact) mass is 280 g/mol. The standard InChI is InChI=1S/C18H20N2O/c1-3-19-18(15-10-13(2)21-12-15)11-16-9-8-14-6-4-5-7-17(14)20-16/h4-10,12,18-19H,3,11H2,1-2H3. The first-order valence-corrected chi connectivity index (χ1v) is 7.39. The number of aryl methyl sites for hydroxylation is 1. The van der Waals surface area contributed by atoms with E-state index >= 15 is 0 Å². The molecular formula is C18H20N2O. The average Bonchev–Trinajstić information content (AvgIpc) is 2.93. The van der Waals surface area contributed by atoms with E-state index < -0.39 is 0 Å². The summed E-state index contributed by atoms with van der Waals surface area (Å²) in [7, 11) is 0. The number of nitrogens with one attached hydrogen (secondary N) is 1. The molecule has 0 radical (unpaired) electrons. The summed E-state index contributed by atoms with van der Waals surface area (Å²) in [6, 6.07) is 14.8. The first-order chi connectivity index (χ1) is 10.3. The van der Waals surface area contributed by atoms with Gasteiger partial charge in [0.15, 0.2) is 0 Å². The Balaban J connectivity index is 1.86. The van der Waals surface area contributed by atoms with Crippen LogP contribution in [0.2, 0.25) is 0 Å². The predicted octanol–water partition coefficient (Wildman–Crippen LogP) is 4.03. The molecule has 3 aromatic rings. The SMILES string of the molecule is CCNC(Cc1ccc2ccccc2n1)c1coc(C)c1. The number of para-hydroxylation sites is 1. The van der Waals surface area contributed by atoms with Gasteiger partial charge in [0.25, 0.3) is 0 Å². The topological polar surface area (TPSA) is 38.1 Å². The van der Waals surface area contributed by atoms with Gasteiger partial charge in [-0.2, -0.15) is 0 Å². The second-order valence-electron chi connectivity index (χ2n) is 5.30. The Bertz CT molecular complexity index is 733. The highest BCUT2D eigenvalue weighted by atomic mass is 16.3. The van der Waals surface area contributed by atoms with Crippen molar-refractivity contribution in [1.29, 1.82) is 0 Å². The lowest BCUT2D eigenvalue weighted by Crippen LogP contribution is -2.22. The second-order valence-corrected chi connectivity index (χ2v) is 5.30. The molecule has 1 aromatic carbocycles. The number of hydrogen-bond donors (Lipinski definition) is 1. The fraction of sp³-hybridized carbons (Fsp3) is 0.278. The van der Waals surface area contributed by atoms with Gasteiger partial charge in [-0.25, -0.2) is 0 Å². The number of benzene rings is 1. The maximum absolute atomic E-state index is 5.44. The number of pyridine rings is 1. The van der Waals surface area contributed by atoms with Crippen LogP contribution in [0.15, 0.2) is 53.1 Å². The summed E-state index contributed by atoms with van der Waals surface area (Å²) in [5.41, 5.74) is 3.33. The maximum Gasteiger partial charge on any atom is 0.101 e. The Labute approximate surface area is 125 Å². The van der Waals surface area contributed by atoms with Gasteiger partial charge in [0.2, 0.25) is 0 Å². The van der Waals surface area contributed by atoms with E-state index in [0.29, 0.717) is 0 Å². The molecule has 3 rings (SSSR count). The number of rotatable bonds is 5. The van der Waals surface area contributed by atoms with Gasteiger partial charge in [-0.05, 0) is 31.7 Å². The fourth-order valence-corrected chi connectivity index (χ4v) is 2.63. The Morgan fingerprint density at radius 1 is 1.19 bits per heavy atom. The molecule has 0 aliphatic rings. The van der Waals surface area contributed by atoms with Crippen LogP contribution in [0.3, 0.4) is 0 Å². The molecule has 0 aliphatic carbocycles. The first kappa shape index (κ1) is 13.8. The van der Waals surface area contributed by atoms with Crippen LogP contribution >= 0.6 is 0 Å². The van der Waals surface area contributed by atoms with E-state index in [9.17, 15) is 0 Å². The van der Waals surface area contributed by atoms with Gasteiger partial charge in [-0.3, -0.25) is 4.98 Å². The molecule has 0 bridgehead atoms. The molecule has 1 unspecified atom stereocenters. The molecule has 2 aromatic heterocycles. The van der Waals surface area contributed by atoms with Gasteiger partial charge in [-0.1, -0.05) is 31.2 Å². The van der Waals surface area contributed by atoms with Crippen molar-refractivity contribution < 1.29 is 4.42 Å². The van der Waals surface area contributed by atoms with Gasteiger partial charge in [-0.15, -0.1) is 0 Å². The quantitative estimate of drug-likeness (QED) is 0.766. The normalized spacial score (nSPS) is 12.7. The number of furan rings is 1. The van der Waals surface area contributed by atoms with Crippen LogP contribution in [0.5, 0.6) is 0 Å². The summed E-state index contributed by atoms with van der Waals surface area (Å²) < 4.78 is 5.44. The second kappa shape index (κ2) is 6.10. The van der Waals surface area contributed by atoms with Crippen molar-refractivity contribution in [1.82, 2.24) is 10.3 Å². The predicted molar refractivity (Wildman–Crippen MR) is 85.3 cm³/mol. The highest BCUT2D eigenvalue weighted by Gasteiger charge is 2.14. The number of likely N-dealkylation sites (N-methyl/N-ethyl adjacent to an activating group) is 1. The van der Waals surface area contributed by atoms with Crippen molar-refractivity contribution in [2.75, 3.05) is 6.54 Å². The molecule has 3 nitrogen and oxygen atoms in total.